The summed E-state index contributed by atoms with van der Waals surface area (Å²) in [5.74, 6) is 1.03. The van der Waals surface area contributed by atoms with Crippen molar-refractivity contribution in [1.29, 1.82) is 0 Å². The number of rotatable bonds is 4. The molecular formula is C11H10BrN7S. The number of anilines is 2. The average Bonchev–Trinajstić information content (AvgIpc) is 3.07. The van der Waals surface area contributed by atoms with E-state index in [9.17, 15) is 0 Å². The highest BCUT2D eigenvalue weighted by Gasteiger charge is 2.07. The molecule has 0 aliphatic heterocycles. The van der Waals surface area contributed by atoms with E-state index in [-0.39, 0.29) is 5.95 Å². The first-order valence-electron chi connectivity index (χ1n) is 5.68. The Kier molecular flexibility index (Phi) is 3.61. The lowest BCUT2D eigenvalue weighted by atomic mass is 10.5. The molecule has 0 radical (unpaired) electrons. The zero-order valence-electron chi connectivity index (χ0n) is 10.2. The minimum atomic E-state index is 0.163. The summed E-state index contributed by atoms with van der Waals surface area (Å²) in [6.45, 7) is 0.616. The molecule has 3 aromatic rings. The summed E-state index contributed by atoms with van der Waals surface area (Å²) in [7, 11) is 0. The van der Waals surface area contributed by atoms with Gasteiger partial charge in [0, 0.05) is 21.7 Å². The van der Waals surface area contributed by atoms with Gasteiger partial charge in [0.1, 0.15) is 6.33 Å². The molecule has 3 heterocycles. The lowest BCUT2D eigenvalue weighted by molar-refractivity contribution is 0.896. The molecule has 0 bridgehead atoms. The van der Waals surface area contributed by atoms with Gasteiger partial charge in [-0.3, -0.25) is 4.57 Å². The first-order valence-corrected chi connectivity index (χ1v) is 7.35. The predicted octanol–water partition coefficient (Wildman–Crippen LogP) is 2.08. The van der Waals surface area contributed by atoms with Gasteiger partial charge in [0.15, 0.2) is 0 Å². The van der Waals surface area contributed by atoms with Gasteiger partial charge in [-0.25, -0.2) is 4.98 Å². The Morgan fingerprint density at radius 3 is 2.95 bits per heavy atom. The molecule has 3 rings (SSSR count). The Hall–Kier alpha value is -2.00. The minimum absolute atomic E-state index is 0.163. The zero-order chi connectivity index (χ0) is 13.9. The van der Waals surface area contributed by atoms with Crippen molar-refractivity contribution in [3.8, 4) is 5.95 Å². The topological polar surface area (TPSA) is 94.5 Å². The van der Waals surface area contributed by atoms with Gasteiger partial charge in [0.25, 0.3) is 0 Å². The van der Waals surface area contributed by atoms with Crippen molar-refractivity contribution in [3.05, 3.63) is 39.5 Å². The van der Waals surface area contributed by atoms with E-state index in [1.54, 1.807) is 34.6 Å². The quantitative estimate of drug-likeness (QED) is 0.747. The zero-order valence-corrected chi connectivity index (χ0v) is 12.6. The van der Waals surface area contributed by atoms with E-state index in [2.05, 4.69) is 41.2 Å². The molecule has 0 amide bonds. The summed E-state index contributed by atoms with van der Waals surface area (Å²) in [6.07, 6.45) is 5.00. The number of aromatic nitrogens is 5. The number of nitrogens with two attached hydrogens (primary N) is 1. The van der Waals surface area contributed by atoms with Gasteiger partial charge in [0.05, 0.1) is 6.54 Å². The van der Waals surface area contributed by atoms with Crippen molar-refractivity contribution in [2.45, 2.75) is 6.54 Å². The summed E-state index contributed by atoms with van der Waals surface area (Å²) in [5.41, 5.74) is 5.70. The lowest BCUT2D eigenvalue weighted by Gasteiger charge is -2.06. The van der Waals surface area contributed by atoms with Gasteiger partial charge < -0.3 is 11.1 Å². The van der Waals surface area contributed by atoms with E-state index in [0.29, 0.717) is 18.4 Å². The van der Waals surface area contributed by atoms with E-state index in [4.69, 9.17) is 5.73 Å². The molecule has 9 heteroatoms. The summed E-state index contributed by atoms with van der Waals surface area (Å²) in [6, 6.07) is 2.00. The molecule has 0 aliphatic rings. The minimum Gasteiger partial charge on any atom is -0.368 e. The van der Waals surface area contributed by atoms with Crippen molar-refractivity contribution in [1.82, 2.24) is 24.5 Å². The summed E-state index contributed by atoms with van der Waals surface area (Å²) in [4.78, 5) is 17.6. The van der Waals surface area contributed by atoms with Gasteiger partial charge >= 0.3 is 0 Å². The number of hydrogen-bond acceptors (Lipinski definition) is 7. The van der Waals surface area contributed by atoms with E-state index in [1.807, 2.05) is 11.4 Å². The fourth-order valence-corrected chi connectivity index (χ4v) is 3.00. The first-order chi connectivity index (χ1) is 9.72. The van der Waals surface area contributed by atoms with Crippen LogP contribution >= 0.6 is 27.3 Å². The molecule has 0 unspecified atom stereocenters. The van der Waals surface area contributed by atoms with Gasteiger partial charge in [-0.2, -0.15) is 15.0 Å². The normalized spacial score (nSPS) is 10.7. The van der Waals surface area contributed by atoms with E-state index >= 15 is 0 Å². The molecule has 3 aromatic heterocycles. The van der Waals surface area contributed by atoms with Crippen molar-refractivity contribution < 1.29 is 0 Å². The highest BCUT2D eigenvalue weighted by atomic mass is 79.9. The second-order valence-corrected chi connectivity index (χ2v) is 5.69. The third-order valence-corrected chi connectivity index (χ3v) is 4.40. The van der Waals surface area contributed by atoms with Crippen molar-refractivity contribution in [2.75, 3.05) is 11.1 Å². The lowest BCUT2D eigenvalue weighted by Crippen LogP contribution is -2.10. The second kappa shape index (κ2) is 5.55. The molecule has 0 atom stereocenters. The number of thiophene rings is 1. The predicted molar refractivity (Wildman–Crippen MR) is 80.7 cm³/mol. The van der Waals surface area contributed by atoms with Crippen molar-refractivity contribution in [2.24, 2.45) is 0 Å². The monoisotopic (exact) mass is 351 g/mol. The summed E-state index contributed by atoms with van der Waals surface area (Å²) >= 11 is 5.13. The maximum atomic E-state index is 5.70. The number of imidazole rings is 1. The first kappa shape index (κ1) is 13.0. The number of nitrogens with one attached hydrogen (secondary N) is 1. The van der Waals surface area contributed by atoms with Crippen LogP contribution in [-0.4, -0.2) is 24.5 Å². The van der Waals surface area contributed by atoms with Crippen LogP contribution in [0, 0.1) is 0 Å². The molecule has 20 heavy (non-hydrogen) atoms. The van der Waals surface area contributed by atoms with E-state index in [1.165, 1.54) is 0 Å². The van der Waals surface area contributed by atoms with Gasteiger partial charge in [0.2, 0.25) is 17.8 Å². The van der Waals surface area contributed by atoms with Crippen LogP contribution in [0.2, 0.25) is 0 Å². The van der Waals surface area contributed by atoms with Crippen molar-refractivity contribution in [3.63, 3.8) is 0 Å². The highest BCUT2D eigenvalue weighted by molar-refractivity contribution is 9.10. The molecule has 0 saturated heterocycles. The molecule has 0 fully saturated rings. The van der Waals surface area contributed by atoms with Gasteiger partial charge in [-0.05, 0) is 27.4 Å². The Morgan fingerprint density at radius 1 is 1.35 bits per heavy atom. The highest BCUT2D eigenvalue weighted by Crippen LogP contribution is 2.23. The number of nitrogen functional groups attached to an aromatic ring is 1. The molecular weight excluding hydrogens is 342 g/mol. The third-order valence-electron chi connectivity index (χ3n) is 2.47. The third kappa shape index (κ3) is 2.78. The fraction of sp³-hybridized carbons (Fsp3) is 0.0909. The van der Waals surface area contributed by atoms with Crippen LogP contribution in [0.3, 0.4) is 0 Å². The maximum Gasteiger partial charge on any atom is 0.241 e. The molecule has 3 N–H and O–H groups in total. The van der Waals surface area contributed by atoms with Crippen LogP contribution in [0.1, 0.15) is 4.88 Å². The molecule has 0 saturated carbocycles. The Balaban J connectivity index is 1.81. The molecule has 7 nitrogen and oxygen atoms in total. The van der Waals surface area contributed by atoms with E-state index in [0.717, 1.165) is 9.35 Å². The summed E-state index contributed by atoms with van der Waals surface area (Å²) < 4.78 is 2.73. The van der Waals surface area contributed by atoms with Gasteiger partial charge in [-0.15, -0.1) is 11.3 Å². The largest absolute Gasteiger partial charge is 0.368 e. The second-order valence-electron chi connectivity index (χ2n) is 3.83. The van der Waals surface area contributed by atoms with Crippen LogP contribution in [0.15, 0.2) is 34.6 Å². The average molecular weight is 352 g/mol. The molecule has 0 spiro atoms. The summed E-state index contributed by atoms with van der Waals surface area (Å²) in [5, 5.41) is 5.15. The Labute approximate surface area is 127 Å². The van der Waals surface area contributed by atoms with Crippen LogP contribution < -0.4 is 11.1 Å². The van der Waals surface area contributed by atoms with Crippen LogP contribution in [0.25, 0.3) is 5.95 Å². The molecule has 0 aromatic carbocycles. The van der Waals surface area contributed by atoms with Crippen molar-refractivity contribution >= 4 is 39.2 Å². The number of halogens is 1. The fourth-order valence-electron chi connectivity index (χ4n) is 1.56. The Bertz CT molecular complexity index is 709. The molecule has 0 aliphatic carbocycles. The van der Waals surface area contributed by atoms with Crippen LogP contribution in [0.4, 0.5) is 11.9 Å². The SMILES string of the molecule is Nc1nc(NCc2sccc2Br)nc(-n2ccnc2)n1. The smallest absolute Gasteiger partial charge is 0.241 e. The van der Waals surface area contributed by atoms with Crippen LogP contribution in [-0.2, 0) is 6.54 Å². The standard InChI is InChI=1S/C11H10BrN7S/c12-7-1-4-20-8(7)5-15-10-16-9(13)17-11(18-10)19-3-2-14-6-19/h1-4,6H,5H2,(H3,13,15,16,17,18). The number of hydrogen-bond donors (Lipinski definition) is 2. The van der Waals surface area contributed by atoms with Gasteiger partial charge in [-0.1, -0.05) is 0 Å². The Morgan fingerprint density at radius 2 is 2.25 bits per heavy atom. The van der Waals surface area contributed by atoms with Crippen LogP contribution in [0.5, 0.6) is 0 Å². The maximum absolute atomic E-state index is 5.70. The number of nitrogens with zero attached hydrogens (tertiary/aromatic N) is 5. The molecule has 102 valence electrons. The van der Waals surface area contributed by atoms with E-state index < -0.39 is 0 Å².